The lowest BCUT2D eigenvalue weighted by molar-refractivity contribution is -0.125. The molecule has 0 aliphatic rings. The Morgan fingerprint density at radius 3 is 2.48 bits per heavy atom. The number of benzene rings is 1. The maximum atomic E-state index is 12.1. The summed E-state index contributed by atoms with van der Waals surface area (Å²) in [6, 6.07) is 9.07. The standard InChI is InChI=1S/C15H23N3O3/c1-4-11(2)13(17-15(20)21-3)14(19)18-16-10-12-8-6-5-7-9-12/h5-9,11,13,16H,4,10H2,1-3H3,(H,17,20)(H,18,19)/t11-,13-/m0/s1. The summed E-state index contributed by atoms with van der Waals surface area (Å²) in [4.78, 5) is 23.4. The van der Waals surface area contributed by atoms with Gasteiger partial charge in [0.1, 0.15) is 6.04 Å². The number of alkyl carbamates (subject to hydrolysis) is 1. The van der Waals surface area contributed by atoms with E-state index < -0.39 is 12.1 Å². The monoisotopic (exact) mass is 293 g/mol. The third-order valence-electron chi connectivity index (χ3n) is 3.30. The molecule has 2 amide bonds. The summed E-state index contributed by atoms with van der Waals surface area (Å²) in [6.07, 6.45) is 0.152. The Kier molecular flexibility index (Phi) is 7.25. The molecule has 116 valence electrons. The number of nitrogens with one attached hydrogen (secondary N) is 3. The summed E-state index contributed by atoms with van der Waals surface area (Å²) in [5.41, 5.74) is 6.53. The van der Waals surface area contributed by atoms with Crippen LogP contribution in [0.25, 0.3) is 0 Å². The van der Waals surface area contributed by atoms with Crippen molar-refractivity contribution in [3.05, 3.63) is 35.9 Å². The first-order valence-electron chi connectivity index (χ1n) is 6.99. The van der Waals surface area contributed by atoms with E-state index in [0.717, 1.165) is 12.0 Å². The van der Waals surface area contributed by atoms with E-state index in [0.29, 0.717) is 6.54 Å². The first kappa shape index (κ1) is 17.0. The van der Waals surface area contributed by atoms with Crippen molar-refractivity contribution in [3.8, 4) is 0 Å². The minimum absolute atomic E-state index is 0.00243. The van der Waals surface area contributed by atoms with E-state index >= 15 is 0 Å². The molecule has 0 fully saturated rings. The van der Waals surface area contributed by atoms with Crippen molar-refractivity contribution in [2.45, 2.75) is 32.9 Å². The lowest BCUT2D eigenvalue weighted by atomic mass is 9.99. The van der Waals surface area contributed by atoms with Crippen molar-refractivity contribution in [2.75, 3.05) is 7.11 Å². The first-order valence-corrected chi connectivity index (χ1v) is 6.99. The zero-order valence-electron chi connectivity index (χ0n) is 12.7. The first-order chi connectivity index (χ1) is 10.1. The van der Waals surface area contributed by atoms with Gasteiger partial charge in [0.15, 0.2) is 0 Å². The van der Waals surface area contributed by atoms with Gasteiger partial charge in [-0.1, -0.05) is 50.6 Å². The highest BCUT2D eigenvalue weighted by molar-refractivity contribution is 5.85. The summed E-state index contributed by atoms with van der Waals surface area (Å²) in [7, 11) is 1.27. The number of hydrogen-bond acceptors (Lipinski definition) is 4. The summed E-state index contributed by atoms with van der Waals surface area (Å²) in [6.45, 7) is 4.37. The van der Waals surface area contributed by atoms with Gasteiger partial charge in [0, 0.05) is 6.54 Å². The predicted molar refractivity (Wildman–Crippen MR) is 80.2 cm³/mol. The quantitative estimate of drug-likeness (QED) is 0.667. The number of ether oxygens (including phenoxy) is 1. The van der Waals surface area contributed by atoms with Crippen molar-refractivity contribution >= 4 is 12.0 Å². The average molecular weight is 293 g/mol. The molecular formula is C15H23N3O3. The Morgan fingerprint density at radius 2 is 1.90 bits per heavy atom. The molecule has 1 aromatic carbocycles. The van der Waals surface area contributed by atoms with Gasteiger partial charge in [-0.2, -0.15) is 0 Å². The fourth-order valence-electron chi connectivity index (χ4n) is 1.79. The predicted octanol–water partition coefficient (Wildman–Crippen LogP) is 1.58. The number of rotatable bonds is 7. The zero-order valence-corrected chi connectivity index (χ0v) is 12.7. The van der Waals surface area contributed by atoms with Crippen molar-refractivity contribution < 1.29 is 14.3 Å². The second kappa shape index (κ2) is 8.97. The highest BCUT2D eigenvalue weighted by Crippen LogP contribution is 2.08. The van der Waals surface area contributed by atoms with E-state index in [2.05, 4.69) is 20.9 Å². The molecule has 0 aliphatic carbocycles. The summed E-state index contributed by atoms with van der Waals surface area (Å²) in [5.74, 6) is -0.284. The van der Waals surface area contributed by atoms with E-state index in [1.807, 2.05) is 44.2 Å². The van der Waals surface area contributed by atoms with Gasteiger partial charge in [0.25, 0.3) is 5.91 Å². The van der Waals surface area contributed by atoms with Crippen molar-refractivity contribution in [1.82, 2.24) is 16.2 Å². The molecule has 0 heterocycles. The van der Waals surface area contributed by atoms with E-state index in [-0.39, 0.29) is 11.8 Å². The molecule has 0 aliphatic heterocycles. The topological polar surface area (TPSA) is 79.5 Å². The lowest BCUT2D eigenvalue weighted by Gasteiger charge is -2.22. The molecule has 3 N–H and O–H groups in total. The Balaban J connectivity index is 2.50. The number of carbonyl (C=O) groups excluding carboxylic acids is 2. The van der Waals surface area contributed by atoms with Gasteiger partial charge in [-0.25, -0.2) is 10.2 Å². The normalized spacial score (nSPS) is 13.1. The third-order valence-corrected chi connectivity index (χ3v) is 3.30. The van der Waals surface area contributed by atoms with Crippen LogP contribution < -0.4 is 16.2 Å². The van der Waals surface area contributed by atoms with Gasteiger partial charge < -0.3 is 10.1 Å². The van der Waals surface area contributed by atoms with Gasteiger partial charge in [0.2, 0.25) is 0 Å². The second-order valence-electron chi connectivity index (χ2n) is 4.83. The van der Waals surface area contributed by atoms with Crippen LogP contribution in [0.4, 0.5) is 4.79 Å². The maximum Gasteiger partial charge on any atom is 0.407 e. The maximum absolute atomic E-state index is 12.1. The van der Waals surface area contributed by atoms with Crippen LogP contribution in [0.5, 0.6) is 0 Å². The fourth-order valence-corrected chi connectivity index (χ4v) is 1.79. The van der Waals surface area contributed by atoms with Crippen LogP contribution in [-0.4, -0.2) is 25.2 Å². The van der Waals surface area contributed by atoms with Crippen LogP contribution in [-0.2, 0) is 16.1 Å². The Bertz CT molecular complexity index is 451. The Hall–Kier alpha value is -2.08. The molecule has 0 saturated heterocycles. The van der Waals surface area contributed by atoms with Crippen LogP contribution in [0.15, 0.2) is 30.3 Å². The van der Waals surface area contributed by atoms with Gasteiger partial charge >= 0.3 is 6.09 Å². The number of amides is 2. The summed E-state index contributed by atoms with van der Waals surface area (Å²) >= 11 is 0. The van der Waals surface area contributed by atoms with Gasteiger partial charge in [-0.3, -0.25) is 10.2 Å². The summed E-state index contributed by atoms with van der Waals surface area (Å²) in [5, 5.41) is 2.55. The molecule has 0 aromatic heterocycles. The van der Waals surface area contributed by atoms with Crippen LogP contribution in [0.2, 0.25) is 0 Å². The number of hydrogen-bond donors (Lipinski definition) is 3. The molecule has 21 heavy (non-hydrogen) atoms. The van der Waals surface area contributed by atoms with E-state index in [1.54, 1.807) is 0 Å². The molecule has 0 unspecified atom stereocenters. The highest BCUT2D eigenvalue weighted by Gasteiger charge is 2.25. The van der Waals surface area contributed by atoms with Crippen molar-refractivity contribution in [2.24, 2.45) is 5.92 Å². The number of carbonyl (C=O) groups is 2. The van der Waals surface area contributed by atoms with Crippen molar-refractivity contribution in [1.29, 1.82) is 0 Å². The molecule has 0 bridgehead atoms. The molecule has 6 heteroatoms. The second-order valence-corrected chi connectivity index (χ2v) is 4.83. The number of hydrazine groups is 1. The molecule has 0 radical (unpaired) electrons. The van der Waals surface area contributed by atoms with E-state index in [1.165, 1.54) is 7.11 Å². The minimum Gasteiger partial charge on any atom is -0.453 e. The highest BCUT2D eigenvalue weighted by atomic mass is 16.5. The van der Waals surface area contributed by atoms with Crippen molar-refractivity contribution in [3.63, 3.8) is 0 Å². The number of methoxy groups -OCH3 is 1. The van der Waals surface area contributed by atoms with Gasteiger partial charge in [-0.05, 0) is 11.5 Å². The van der Waals surface area contributed by atoms with Crippen LogP contribution in [0, 0.1) is 5.92 Å². The molecule has 6 nitrogen and oxygen atoms in total. The fraction of sp³-hybridized carbons (Fsp3) is 0.467. The smallest absolute Gasteiger partial charge is 0.407 e. The molecule has 1 rings (SSSR count). The average Bonchev–Trinajstić information content (AvgIpc) is 2.52. The third kappa shape index (κ3) is 5.83. The van der Waals surface area contributed by atoms with Crippen LogP contribution in [0.1, 0.15) is 25.8 Å². The molecule has 0 saturated carbocycles. The van der Waals surface area contributed by atoms with Crippen LogP contribution >= 0.6 is 0 Å². The van der Waals surface area contributed by atoms with E-state index in [4.69, 9.17) is 0 Å². The van der Waals surface area contributed by atoms with Gasteiger partial charge in [0.05, 0.1) is 7.11 Å². The molecular weight excluding hydrogens is 270 g/mol. The van der Waals surface area contributed by atoms with E-state index in [9.17, 15) is 9.59 Å². The lowest BCUT2D eigenvalue weighted by Crippen LogP contribution is -2.53. The zero-order chi connectivity index (χ0) is 15.7. The van der Waals surface area contributed by atoms with Crippen LogP contribution in [0.3, 0.4) is 0 Å². The molecule has 0 spiro atoms. The Morgan fingerprint density at radius 1 is 1.24 bits per heavy atom. The Labute approximate surface area is 125 Å². The summed E-state index contributed by atoms with van der Waals surface area (Å²) < 4.78 is 4.55. The largest absolute Gasteiger partial charge is 0.453 e. The molecule has 2 atom stereocenters. The van der Waals surface area contributed by atoms with Gasteiger partial charge in [-0.15, -0.1) is 0 Å². The SMILES string of the molecule is CC[C@H](C)[C@H](NC(=O)OC)C(=O)NNCc1ccccc1. The molecule has 1 aromatic rings. The minimum atomic E-state index is -0.634.